The minimum atomic E-state index is 0.691. The van der Waals surface area contributed by atoms with E-state index in [1.54, 1.807) is 7.11 Å². The van der Waals surface area contributed by atoms with Gasteiger partial charge in [0.25, 0.3) is 0 Å². The Labute approximate surface area is 82.5 Å². The lowest BCUT2D eigenvalue weighted by Gasteiger charge is -2.09. The fourth-order valence-electron chi connectivity index (χ4n) is 0.955. The number of hydrogen-bond donors (Lipinski definition) is 2. The van der Waals surface area contributed by atoms with Crippen LogP contribution >= 0.6 is 0 Å². The number of ether oxygens (including phenoxy) is 1. The number of aldehydes is 1. The third kappa shape index (κ3) is 2.82. The third-order valence-electron chi connectivity index (χ3n) is 1.57. The molecular weight excluding hydrogens is 180 g/mol. The average Bonchev–Trinajstić information content (AvgIpc) is 2.25. The summed E-state index contributed by atoms with van der Waals surface area (Å²) in [7, 11) is 1.60. The van der Waals surface area contributed by atoms with Gasteiger partial charge in [0.2, 0.25) is 0 Å². The molecule has 0 heterocycles. The maximum absolute atomic E-state index is 9.96. The SMILES string of the molecule is COc1ccccc1NNC=CC=O. The van der Waals surface area contributed by atoms with Crippen LogP contribution in [0.5, 0.6) is 5.75 Å². The molecule has 1 aromatic carbocycles. The molecule has 0 unspecified atom stereocenters. The van der Waals surface area contributed by atoms with Crippen LogP contribution in [0.2, 0.25) is 0 Å². The van der Waals surface area contributed by atoms with Gasteiger partial charge in [-0.15, -0.1) is 0 Å². The zero-order chi connectivity index (χ0) is 10.2. The molecule has 0 saturated heterocycles. The standard InChI is InChI=1S/C10H12N2O2/c1-14-10-6-3-2-5-9(10)12-11-7-4-8-13/h2-8,11-12H,1H3. The number of rotatable bonds is 5. The van der Waals surface area contributed by atoms with E-state index < -0.39 is 0 Å². The topological polar surface area (TPSA) is 50.4 Å². The van der Waals surface area contributed by atoms with E-state index in [9.17, 15) is 4.79 Å². The highest BCUT2D eigenvalue weighted by Crippen LogP contribution is 2.21. The summed E-state index contributed by atoms with van der Waals surface area (Å²) in [5.74, 6) is 0.736. The van der Waals surface area contributed by atoms with Crippen molar-refractivity contribution in [3.8, 4) is 5.75 Å². The lowest BCUT2D eigenvalue weighted by atomic mass is 10.3. The average molecular weight is 192 g/mol. The van der Waals surface area contributed by atoms with Gasteiger partial charge >= 0.3 is 0 Å². The molecule has 1 aromatic rings. The quantitative estimate of drug-likeness (QED) is 0.419. The first-order valence-electron chi connectivity index (χ1n) is 4.13. The predicted octanol–water partition coefficient (Wildman–Crippen LogP) is 1.32. The number of para-hydroxylation sites is 2. The summed E-state index contributed by atoms with van der Waals surface area (Å²) in [4.78, 5) is 9.96. The largest absolute Gasteiger partial charge is 0.495 e. The lowest BCUT2D eigenvalue weighted by molar-refractivity contribution is -0.104. The van der Waals surface area contributed by atoms with Crippen LogP contribution in [0.15, 0.2) is 36.5 Å². The molecule has 0 aromatic heterocycles. The molecule has 0 fully saturated rings. The highest BCUT2D eigenvalue weighted by atomic mass is 16.5. The zero-order valence-corrected chi connectivity index (χ0v) is 7.86. The van der Waals surface area contributed by atoms with Crippen LogP contribution in [0.25, 0.3) is 0 Å². The van der Waals surface area contributed by atoms with E-state index in [2.05, 4.69) is 10.9 Å². The summed E-state index contributed by atoms with van der Waals surface area (Å²) in [5, 5.41) is 0. The Bertz CT molecular complexity index is 324. The van der Waals surface area contributed by atoms with Gasteiger partial charge in [-0.25, -0.2) is 0 Å². The maximum Gasteiger partial charge on any atom is 0.144 e. The summed E-state index contributed by atoms with van der Waals surface area (Å²) in [5.41, 5.74) is 6.42. The van der Waals surface area contributed by atoms with Gasteiger partial charge in [0.15, 0.2) is 0 Å². The Morgan fingerprint density at radius 3 is 2.86 bits per heavy atom. The van der Waals surface area contributed by atoms with Crippen LogP contribution in [0, 0.1) is 0 Å². The predicted molar refractivity (Wildman–Crippen MR) is 55.0 cm³/mol. The van der Waals surface area contributed by atoms with E-state index in [-0.39, 0.29) is 0 Å². The highest BCUT2D eigenvalue weighted by molar-refractivity contribution is 5.64. The first-order chi connectivity index (χ1) is 6.88. The van der Waals surface area contributed by atoms with Gasteiger partial charge < -0.3 is 10.2 Å². The number of anilines is 1. The number of allylic oxidation sites excluding steroid dienone is 1. The minimum absolute atomic E-state index is 0.691. The second-order valence-corrected chi connectivity index (χ2v) is 2.46. The van der Waals surface area contributed by atoms with Gasteiger partial charge in [0.1, 0.15) is 12.0 Å². The number of hydrogen-bond acceptors (Lipinski definition) is 4. The van der Waals surface area contributed by atoms with Gasteiger partial charge in [0.05, 0.1) is 12.8 Å². The van der Waals surface area contributed by atoms with Crippen LogP contribution in [0.1, 0.15) is 0 Å². The Kier molecular flexibility index (Phi) is 4.07. The Hall–Kier alpha value is -1.97. The second-order valence-electron chi connectivity index (χ2n) is 2.46. The second kappa shape index (κ2) is 5.64. The molecule has 0 aliphatic rings. The molecule has 0 bridgehead atoms. The van der Waals surface area contributed by atoms with Crippen LogP contribution in [-0.4, -0.2) is 13.4 Å². The minimum Gasteiger partial charge on any atom is -0.495 e. The lowest BCUT2D eigenvalue weighted by Crippen LogP contribution is -2.14. The fraction of sp³-hybridized carbons (Fsp3) is 0.100. The molecule has 2 N–H and O–H groups in total. The van der Waals surface area contributed by atoms with Gasteiger partial charge in [0, 0.05) is 6.20 Å². The number of benzene rings is 1. The van der Waals surface area contributed by atoms with Gasteiger partial charge in [-0.2, -0.15) is 0 Å². The first kappa shape index (κ1) is 10.1. The molecule has 74 valence electrons. The van der Waals surface area contributed by atoms with Crippen molar-refractivity contribution in [1.29, 1.82) is 0 Å². The van der Waals surface area contributed by atoms with Crippen molar-refractivity contribution < 1.29 is 9.53 Å². The van der Waals surface area contributed by atoms with E-state index in [0.29, 0.717) is 6.29 Å². The summed E-state index contributed by atoms with van der Waals surface area (Å²) >= 11 is 0. The van der Waals surface area contributed by atoms with Crippen LogP contribution in [-0.2, 0) is 4.79 Å². The van der Waals surface area contributed by atoms with Crippen LogP contribution in [0.4, 0.5) is 5.69 Å². The van der Waals surface area contributed by atoms with E-state index in [1.165, 1.54) is 12.3 Å². The van der Waals surface area contributed by atoms with Gasteiger partial charge in [-0.1, -0.05) is 12.1 Å². The molecule has 4 heteroatoms. The number of carbonyl (C=O) groups is 1. The molecule has 0 amide bonds. The maximum atomic E-state index is 9.96. The van der Waals surface area contributed by atoms with Crippen molar-refractivity contribution in [2.75, 3.05) is 12.5 Å². The number of methoxy groups -OCH3 is 1. The monoisotopic (exact) mass is 192 g/mol. The summed E-state index contributed by atoms with van der Waals surface area (Å²) in [6.07, 6.45) is 3.54. The smallest absolute Gasteiger partial charge is 0.144 e. The molecule has 14 heavy (non-hydrogen) atoms. The van der Waals surface area contributed by atoms with Crippen molar-refractivity contribution in [3.05, 3.63) is 36.5 Å². The molecule has 0 saturated carbocycles. The Morgan fingerprint density at radius 1 is 1.36 bits per heavy atom. The normalized spacial score (nSPS) is 9.79. The number of hydrazine groups is 1. The number of carbonyl (C=O) groups excluding carboxylic acids is 1. The van der Waals surface area contributed by atoms with Gasteiger partial charge in [-0.05, 0) is 18.2 Å². The Morgan fingerprint density at radius 2 is 2.14 bits per heavy atom. The van der Waals surface area contributed by atoms with Gasteiger partial charge in [-0.3, -0.25) is 10.2 Å². The van der Waals surface area contributed by atoms with E-state index in [1.807, 2.05) is 24.3 Å². The van der Waals surface area contributed by atoms with Crippen molar-refractivity contribution in [2.45, 2.75) is 0 Å². The molecule has 4 nitrogen and oxygen atoms in total. The van der Waals surface area contributed by atoms with Crippen LogP contribution < -0.4 is 15.6 Å². The Balaban J connectivity index is 2.57. The molecule has 0 aliphatic carbocycles. The van der Waals surface area contributed by atoms with E-state index >= 15 is 0 Å². The van der Waals surface area contributed by atoms with Crippen molar-refractivity contribution in [2.24, 2.45) is 0 Å². The van der Waals surface area contributed by atoms with Crippen molar-refractivity contribution >= 4 is 12.0 Å². The summed E-state index contributed by atoms with van der Waals surface area (Å²) < 4.78 is 5.11. The van der Waals surface area contributed by atoms with E-state index in [0.717, 1.165) is 11.4 Å². The fourth-order valence-corrected chi connectivity index (χ4v) is 0.955. The van der Waals surface area contributed by atoms with Crippen molar-refractivity contribution in [3.63, 3.8) is 0 Å². The zero-order valence-electron chi connectivity index (χ0n) is 7.86. The highest BCUT2D eigenvalue weighted by Gasteiger charge is 1.97. The molecule has 1 rings (SSSR count). The molecule has 0 radical (unpaired) electrons. The first-order valence-corrected chi connectivity index (χ1v) is 4.13. The summed E-state index contributed by atoms with van der Waals surface area (Å²) in [6, 6.07) is 7.47. The molecular formula is C10H12N2O2. The molecule has 0 atom stereocenters. The third-order valence-corrected chi connectivity index (χ3v) is 1.57. The molecule has 0 aliphatic heterocycles. The summed E-state index contributed by atoms with van der Waals surface area (Å²) in [6.45, 7) is 0. The van der Waals surface area contributed by atoms with E-state index in [4.69, 9.17) is 4.74 Å². The molecule has 0 spiro atoms. The van der Waals surface area contributed by atoms with Crippen LogP contribution in [0.3, 0.4) is 0 Å². The van der Waals surface area contributed by atoms with Crippen molar-refractivity contribution in [1.82, 2.24) is 5.43 Å². The number of nitrogens with one attached hydrogen (secondary N) is 2.